The third-order valence-corrected chi connectivity index (χ3v) is 5.01. The lowest BCUT2D eigenvalue weighted by atomic mass is 10.3. The van der Waals surface area contributed by atoms with Crippen molar-refractivity contribution in [2.24, 2.45) is 0 Å². The molecule has 3 aromatic rings. The van der Waals surface area contributed by atoms with E-state index in [1.807, 2.05) is 13.0 Å². The van der Waals surface area contributed by atoms with Crippen LogP contribution in [0.1, 0.15) is 10.7 Å². The quantitative estimate of drug-likeness (QED) is 0.805. The van der Waals surface area contributed by atoms with Crippen molar-refractivity contribution in [2.75, 3.05) is 4.72 Å². The van der Waals surface area contributed by atoms with Crippen molar-refractivity contribution in [3.63, 3.8) is 0 Å². The Hall–Kier alpha value is -1.93. The number of sulfonamides is 1. The summed E-state index contributed by atoms with van der Waals surface area (Å²) in [6.07, 6.45) is 0. The molecule has 8 heteroatoms. The zero-order valence-electron chi connectivity index (χ0n) is 10.9. The van der Waals surface area contributed by atoms with Gasteiger partial charge in [0.2, 0.25) is 9.99 Å². The Kier molecular flexibility index (Phi) is 2.98. The van der Waals surface area contributed by atoms with Gasteiger partial charge in [-0.1, -0.05) is 29.5 Å². The number of benzene rings is 1. The molecule has 6 nitrogen and oxygen atoms in total. The molecule has 104 valence electrons. The number of fused-ring (bicyclic) bond motifs is 1. The number of aryl methyl sites for hydroxylation is 2. The largest absolute Gasteiger partial charge is 0.281 e. The summed E-state index contributed by atoms with van der Waals surface area (Å²) < 4.78 is 28.9. The third kappa shape index (κ3) is 2.16. The van der Waals surface area contributed by atoms with E-state index in [0.717, 1.165) is 5.01 Å². The van der Waals surface area contributed by atoms with Gasteiger partial charge in [0.25, 0.3) is 10.0 Å². The highest BCUT2D eigenvalue weighted by Gasteiger charge is 2.25. The lowest BCUT2D eigenvalue weighted by Gasteiger charge is -2.07. The van der Waals surface area contributed by atoms with Gasteiger partial charge in [0.1, 0.15) is 5.01 Å². The summed E-state index contributed by atoms with van der Waals surface area (Å²) in [6.45, 7) is 3.48. The fourth-order valence-corrected chi connectivity index (χ4v) is 4.12. The molecule has 0 radical (unpaired) electrons. The van der Waals surface area contributed by atoms with Gasteiger partial charge in [-0.2, -0.15) is 18.0 Å². The number of nitrogens with one attached hydrogen (secondary N) is 1. The highest BCUT2D eigenvalue weighted by atomic mass is 32.2. The van der Waals surface area contributed by atoms with Gasteiger partial charge in [-0.05, 0) is 26.0 Å². The number of imidazole rings is 1. The molecule has 0 amide bonds. The summed E-state index contributed by atoms with van der Waals surface area (Å²) in [4.78, 5) is 4.82. The van der Waals surface area contributed by atoms with E-state index in [1.165, 1.54) is 15.9 Å². The number of para-hydroxylation sites is 1. The standard InChI is InChI=1S/C12H12N4O2S2/c1-8-11(16-12(13-8)19-9(2)14-16)20(17,18)15-10-6-4-3-5-7-10/h3-7,15H,1-2H3. The van der Waals surface area contributed by atoms with Crippen molar-refractivity contribution in [3.05, 3.63) is 41.0 Å². The molecule has 0 saturated heterocycles. The Morgan fingerprint density at radius 1 is 1.20 bits per heavy atom. The van der Waals surface area contributed by atoms with Crippen molar-refractivity contribution in [1.82, 2.24) is 14.6 Å². The second kappa shape index (κ2) is 4.57. The molecule has 0 saturated carbocycles. The van der Waals surface area contributed by atoms with E-state index in [1.54, 1.807) is 31.2 Å². The number of aromatic nitrogens is 3. The maximum atomic E-state index is 12.5. The SMILES string of the molecule is Cc1nn2c(S(=O)(=O)Nc3ccccc3)c(C)nc2s1. The van der Waals surface area contributed by atoms with Crippen molar-refractivity contribution in [1.29, 1.82) is 0 Å². The van der Waals surface area contributed by atoms with Crippen LogP contribution in [0.25, 0.3) is 4.96 Å². The second-order valence-electron chi connectivity index (χ2n) is 4.29. The predicted octanol–water partition coefficient (Wildman–Crippen LogP) is 2.21. The van der Waals surface area contributed by atoms with Crippen LogP contribution in [0, 0.1) is 13.8 Å². The highest BCUT2D eigenvalue weighted by Crippen LogP contribution is 2.23. The zero-order valence-corrected chi connectivity index (χ0v) is 12.5. The van der Waals surface area contributed by atoms with E-state index < -0.39 is 10.0 Å². The Morgan fingerprint density at radius 3 is 2.60 bits per heavy atom. The van der Waals surface area contributed by atoms with Crippen LogP contribution < -0.4 is 4.72 Å². The number of anilines is 1. The minimum absolute atomic E-state index is 0.0840. The van der Waals surface area contributed by atoms with Crippen molar-refractivity contribution in [2.45, 2.75) is 18.9 Å². The van der Waals surface area contributed by atoms with Gasteiger partial charge in [-0.25, -0.2) is 4.98 Å². The first-order valence-corrected chi connectivity index (χ1v) is 8.18. The Labute approximate surface area is 120 Å². The molecule has 0 aliphatic carbocycles. The van der Waals surface area contributed by atoms with Gasteiger partial charge in [-0.3, -0.25) is 4.72 Å². The van der Waals surface area contributed by atoms with E-state index in [9.17, 15) is 8.42 Å². The summed E-state index contributed by atoms with van der Waals surface area (Å²) in [5, 5.41) is 5.05. The van der Waals surface area contributed by atoms with Gasteiger partial charge in [-0.15, -0.1) is 0 Å². The molecular weight excluding hydrogens is 296 g/mol. The number of hydrogen-bond donors (Lipinski definition) is 1. The predicted molar refractivity (Wildman–Crippen MR) is 77.6 cm³/mol. The van der Waals surface area contributed by atoms with Crippen LogP contribution in [0.5, 0.6) is 0 Å². The zero-order chi connectivity index (χ0) is 14.3. The first-order chi connectivity index (χ1) is 9.47. The Balaban J connectivity index is 2.11. The van der Waals surface area contributed by atoms with Crippen molar-refractivity contribution >= 4 is 32.0 Å². The van der Waals surface area contributed by atoms with E-state index in [4.69, 9.17) is 0 Å². The van der Waals surface area contributed by atoms with Crippen LogP contribution in [0.2, 0.25) is 0 Å². The van der Waals surface area contributed by atoms with Crippen LogP contribution in [0.4, 0.5) is 5.69 Å². The highest BCUT2D eigenvalue weighted by molar-refractivity contribution is 7.92. The molecular formula is C12H12N4O2S2. The fourth-order valence-electron chi connectivity index (χ4n) is 1.94. The maximum absolute atomic E-state index is 12.5. The molecule has 0 atom stereocenters. The van der Waals surface area contributed by atoms with Crippen LogP contribution in [0.15, 0.2) is 35.4 Å². The minimum Gasteiger partial charge on any atom is -0.278 e. The molecule has 2 heterocycles. The summed E-state index contributed by atoms with van der Waals surface area (Å²) in [6, 6.07) is 8.74. The van der Waals surface area contributed by atoms with E-state index in [2.05, 4.69) is 14.8 Å². The molecule has 0 aliphatic heterocycles. The van der Waals surface area contributed by atoms with Crippen LogP contribution >= 0.6 is 11.3 Å². The van der Waals surface area contributed by atoms with E-state index in [-0.39, 0.29) is 5.03 Å². The molecule has 0 aliphatic rings. The lowest BCUT2D eigenvalue weighted by Crippen LogP contribution is -2.16. The Morgan fingerprint density at radius 2 is 1.90 bits per heavy atom. The van der Waals surface area contributed by atoms with Crippen molar-refractivity contribution in [3.8, 4) is 0 Å². The van der Waals surface area contributed by atoms with Gasteiger partial charge < -0.3 is 0 Å². The minimum atomic E-state index is -3.72. The summed E-state index contributed by atoms with van der Waals surface area (Å²) in [5.41, 5.74) is 0.945. The molecule has 20 heavy (non-hydrogen) atoms. The van der Waals surface area contributed by atoms with Crippen LogP contribution in [0.3, 0.4) is 0 Å². The molecule has 1 N–H and O–H groups in total. The topological polar surface area (TPSA) is 76.4 Å². The summed E-state index contributed by atoms with van der Waals surface area (Å²) >= 11 is 1.36. The molecule has 0 fully saturated rings. The third-order valence-electron chi connectivity index (χ3n) is 2.71. The fraction of sp³-hybridized carbons (Fsp3) is 0.167. The summed E-state index contributed by atoms with van der Waals surface area (Å²) in [7, 11) is -3.72. The molecule has 2 aromatic heterocycles. The first-order valence-electron chi connectivity index (χ1n) is 5.88. The molecule has 3 rings (SSSR count). The molecule has 0 unspecified atom stereocenters. The molecule has 0 spiro atoms. The molecule has 0 bridgehead atoms. The number of rotatable bonds is 3. The monoisotopic (exact) mass is 308 g/mol. The van der Waals surface area contributed by atoms with Gasteiger partial charge in [0.15, 0.2) is 0 Å². The number of hydrogen-bond acceptors (Lipinski definition) is 5. The smallest absolute Gasteiger partial charge is 0.278 e. The van der Waals surface area contributed by atoms with Gasteiger partial charge in [0, 0.05) is 5.69 Å². The number of nitrogens with zero attached hydrogens (tertiary/aromatic N) is 3. The van der Waals surface area contributed by atoms with Crippen LogP contribution in [-0.2, 0) is 10.0 Å². The van der Waals surface area contributed by atoms with Gasteiger partial charge in [0.05, 0.1) is 5.69 Å². The first kappa shape index (κ1) is 13.1. The van der Waals surface area contributed by atoms with Crippen LogP contribution in [-0.4, -0.2) is 23.0 Å². The molecule has 1 aromatic carbocycles. The van der Waals surface area contributed by atoms with Gasteiger partial charge >= 0.3 is 0 Å². The normalized spacial score (nSPS) is 11.9. The maximum Gasteiger partial charge on any atom is 0.281 e. The van der Waals surface area contributed by atoms with E-state index >= 15 is 0 Å². The lowest BCUT2D eigenvalue weighted by molar-refractivity contribution is 0.592. The Bertz CT molecular complexity index is 866. The average Bonchev–Trinajstić information content (AvgIpc) is 2.83. The van der Waals surface area contributed by atoms with Crippen molar-refractivity contribution < 1.29 is 8.42 Å². The second-order valence-corrected chi connectivity index (χ2v) is 7.05. The van der Waals surface area contributed by atoms with E-state index in [0.29, 0.717) is 16.3 Å². The average molecular weight is 308 g/mol. The summed E-state index contributed by atoms with van der Waals surface area (Å²) in [5.74, 6) is 0.